The molecule has 0 aromatic carbocycles. The zero-order chi connectivity index (χ0) is 6.97. The van der Waals surface area contributed by atoms with Gasteiger partial charge in [0.2, 0.25) is 0 Å². The lowest BCUT2D eigenvalue weighted by molar-refractivity contribution is 0.808. The van der Waals surface area contributed by atoms with Gasteiger partial charge in [-0.1, -0.05) is 0 Å². The molecule has 1 heterocycles. The number of hydrogen-bond acceptors (Lipinski definition) is 1. The predicted octanol–water partition coefficient (Wildman–Crippen LogP) is 1.67. The molecule has 1 aliphatic rings. The van der Waals surface area contributed by atoms with Crippen LogP contribution < -0.4 is 0 Å². The topological polar surface area (TPSA) is 28.7 Å². The fraction of sp³-hybridized carbons (Fsp3) is 0.625. The van der Waals surface area contributed by atoms with Crippen LogP contribution in [0.3, 0.4) is 0 Å². The standard InChI is InChI=1S/C8H12N2/c1-6-9-5-8(10-6)4-7-2-3-7/h5,7H,2-4H2,1H3,(H,9,10). The molecule has 0 amide bonds. The number of rotatable bonds is 2. The second kappa shape index (κ2) is 2.11. The van der Waals surface area contributed by atoms with Crippen molar-refractivity contribution in [2.45, 2.75) is 26.2 Å². The average molecular weight is 136 g/mol. The summed E-state index contributed by atoms with van der Waals surface area (Å²) in [6.07, 6.45) is 5.99. The lowest BCUT2D eigenvalue weighted by Gasteiger charge is -1.89. The van der Waals surface area contributed by atoms with E-state index >= 15 is 0 Å². The predicted molar refractivity (Wildman–Crippen MR) is 39.8 cm³/mol. The molecule has 1 aromatic heterocycles. The van der Waals surface area contributed by atoms with E-state index in [0.717, 1.165) is 11.7 Å². The van der Waals surface area contributed by atoms with Gasteiger partial charge in [0, 0.05) is 11.9 Å². The van der Waals surface area contributed by atoms with Crippen LogP contribution in [0.2, 0.25) is 0 Å². The molecule has 0 saturated heterocycles. The Kier molecular flexibility index (Phi) is 1.26. The van der Waals surface area contributed by atoms with Gasteiger partial charge in [0.25, 0.3) is 0 Å². The molecule has 0 unspecified atom stereocenters. The van der Waals surface area contributed by atoms with Crippen LogP contribution >= 0.6 is 0 Å². The largest absolute Gasteiger partial charge is 0.346 e. The maximum Gasteiger partial charge on any atom is 0.103 e. The minimum absolute atomic E-state index is 0.958. The first kappa shape index (κ1) is 5.96. The van der Waals surface area contributed by atoms with Crippen LogP contribution in [-0.2, 0) is 6.42 Å². The molecule has 0 atom stereocenters. The van der Waals surface area contributed by atoms with Crippen LogP contribution in [0.5, 0.6) is 0 Å². The second-order valence-electron chi connectivity index (χ2n) is 3.14. The van der Waals surface area contributed by atoms with Crippen molar-refractivity contribution in [1.82, 2.24) is 9.97 Å². The molecule has 0 aliphatic heterocycles. The smallest absolute Gasteiger partial charge is 0.103 e. The highest BCUT2D eigenvalue weighted by molar-refractivity contribution is 5.02. The van der Waals surface area contributed by atoms with Gasteiger partial charge in [-0.3, -0.25) is 0 Å². The third kappa shape index (κ3) is 1.20. The third-order valence-electron chi connectivity index (χ3n) is 1.96. The molecular formula is C8H12N2. The van der Waals surface area contributed by atoms with Crippen molar-refractivity contribution in [3.8, 4) is 0 Å². The molecule has 0 spiro atoms. The van der Waals surface area contributed by atoms with Crippen molar-refractivity contribution in [2.24, 2.45) is 5.92 Å². The molecule has 1 aromatic rings. The van der Waals surface area contributed by atoms with Crippen molar-refractivity contribution in [2.75, 3.05) is 0 Å². The second-order valence-corrected chi connectivity index (χ2v) is 3.14. The van der Waals surface area contributed by atoms with Crippen LogP contribution in [-0.4, -0.2) is 9.97 Å². The van der Waals surface area contributed by atoms with Crippen molar-refractivity contribution < 1.29 is 0 Å². The first-order valence-corrected chi connectivity index (χ1v) is 3.85. The van der Waals surface area contributed by atoms with E-state index in [9.17, 15) is 0 Å². The first-order valence-electron chi connectivity index (χ1n) is 3.85. The summed E-state index contributed by atoms with van der Waals surface area (Å²) in [5.41, 5.74) is 1.31. The number of nitrogens with one attached hydrogen (secondary N) is 1. The summed E-state index contributed by atoms with van der Waals surface area (Å²) >= 11 is 0. The van der Waals surface area contributed by atoms with Gasteiger partial charge >= 0.3 is 0 Å². The molecule has 2 nitrogen and oxygen atoms in total. The molecule has 54 valence electrons. The average Bonchev–Trinajstić information content (AvgIpc) is 2.59. The minimum Gasteiger partial charge on any atom is -0.346 e. The highest BCUT2D eigenvalue weighted by atomic mass is 14.9. The van der Waals surface area contributed by atoms with E-state index in [0.29, 0.717) is 0 Å². The number of aryl methyl sites for hydroxylation is 1. The third-order valence-corrected chi connectivity index (χ3v) is 1.96. The van der Waals surface area contributed by atoms with Gasteiger partial charge in [0.1, 0.15) is 5.82 Å². The Balaban J connectivity index is 2.03. The van der Waals surface area contributed by atoms with Crippen LogP contribution in [0.25, 0.3) is 0 Å². The Hall–Kier alpha value is -0.790. The zero-order valence-electron chi connectivity index (χ0n) is 6.22. The number of H-pyrrole nitrogens is 1. The minimum atomic E-state index is 0.958. The summed E-state index contributed by atoms with van der Waals surface area (Å²) in [5.74, 6) is 2.00. The number of nitrogens with zero attached hydrogens (tertiary/aromatic N) is 1. The summed E-state index contributed by atoms with van der Waals surface area (Å²) in [4.78, 5) is 7.38. The molecule has 0 radical (unpaired) electrons. The quantitative estimate of drug-likeness (QED) is 0.658. The molecule has 1 saturated carbocycles. The van der Waals surface area contributed by atoms with E-state index in [4.69, 9.17) is 0 Å². The van der Waals surface area contributed by atoms with E-state index in [2.05, 4.69) is 9.97 Å². The summed E-state index contributed by atoms with van der Waals surface area (Å²) in [7, 11) is 0. The maximum absolute atomic E-state index is 4.14. The van der Waals surface area contributed by atoms with Crippen LogP contribution in [0, 0.1) is 12.8 Å². The molecule has 1 fully saturated rings. The normalized spacial score (nSPS) is 17.7. The Morgan fingerprint density at radius 2 is 2.50 bits per heavy atom. The van der Waals surface area contributed by atoms with Gasteiger partial charge in [0.15, 0.2) is 0 Å². The Morgan fingerprint density at radius 3 is 3.00 bits per heavy atom. The molecule has 0 bridgehead atoms. The fourth-order valence-corrected chi connectivity index (χ4v) is 1.21. The zero-order valence-corrected chi connectivity index (χ0v) is 6.22. The van der Waals surface area contributed by atoms with Gasteiger partial charge in [-0.05, 0) is 32.1 Å². The van der Waals surface area contributed by atoms with Gasteiger partial charge in [-0.25, -0.2) is 4.98 Å². The Labute approximate surface area is 60.7 Å². The molecule has 1 N–H and O–H groups in total. The van der Waals surface area contributed by atoms with Crippen LogP contribution in [0.4, 0.5) is 0 Å². The van der Waals surface area contributed by atoms with E-state index < -0.39 is 0 Å². The van der Waals surface area contributed by atoms with Crippen LogP contribution in [0.15, 0.2) is 6.20 Å². The summed E-state index contributed by atoms with van der Waals surface area (Å²) in [5, 5.41) is 0. The van der Waals surface area contributed by atoms with Gasteiger partial charge in [-0.2, -0.15) is 0 Å². The van der Waals surface area contributed by atoms with Crippen molar-refractivity contribution >= 4 is 0 Å². The van der Waals surface area contributed by atoms with E-state index in [-0.39, 0.29) is 0 Å². The number of imidazole rings is 1. The van der Waals surface area contributed by atoms with Gasteiger partial charge in [0.05, 0.1) is 0 Å². The maximum atomic E-state index is 4.14. The lowest BCUT2D eigenvalue weighted by Crippen LogP contribution is -1.85. The number of aromatic nitrogens is 2. The monoisotopic (exact) mass is 136 g/mol. The van der Waals surface area contributed by atoms with Crippen molar-refractivity contribution in [3.63, 3.8) is 0 Å². The highest BCUT2D eigenvalue weighted by Crippen LogP contribution is 2.31. The summed E-state index contributed by atoms with van der Waals surface area (Å²) in [6.45, 7) is 2.00. The lowest BCUT2D eigenvalue weighted by atomic mass is 10.2. The Morgan fingerprint density at radius 1 is 1.70 bits per heavy atom. The van der Waals surface area contributed by atoms with Crippen molar-refractivity contribution in [3.05, 3.63) is 17.7 Å². The van der Waals surface area contributed by atoms with E-state index in [1.54, 1.807) is 0 Å². The molecular weight excluding hydrogens is 124 g/mol. The SMILES string of the molecule is Cc1ncc(CC2CC2)[nH]1. The molecule has 2 heteroatoms. The van der Waals surface area contributed by atoms with Crippen LogP contribution in [0.1, 0.15) is 24.4 Å². The van der Waals surface area contributed by atoms with Crippen molar-refractivity contribution in [1.29, 1.82) is 0 Å². The summed E-state index contributed by atoms with van der Waals surface area (Å²) < 4.78 is 0. The van der Waals surface area contributed by atoms with Gasteiger partial charge < -0.3 is 4.98 Å². The Bertz CT molecular complexity index is 223. The molecule has 1 aliphatic carbocycles. The number of aromatic amines is 1. The van der Waals surface area contributed by atoms with E-state index in [1.165, 1.54) is 25.0 Å². The molecule has 2 rings (SSSR count). The van der Waals surface area contributed by atoms with Gasteiger partial charge in [-0.15, -0.1) is 0 Å². The van der Waals surface area contributed by atoms with E-state index in [1.807, 2.05) is 13.1 Å². The molecule has 10 heavy (non-hydrogen) atoms. The fourth-order valence-electron chi connectivity index (χ4n) is 1.21. The highest BCUT2D eigenvalue weighted by Gasteiger charge is 2.21. The number of hydrogen-bond donors (Lipinski definition) is 1. The summed E-state index contributed by atoms with van der Waals surface area (Å²) in [6, 6.07) is 0. The first-order chi connectivity index (χ1) is 4.84.